The van der Waals surface area contributed by atoms with Crippen LogP contribution >= 0.6 is 11.3 Å². The second kappa shape index (κ2) is 7.88. The van der Waals surface area contributed by atoms with Crippen molar-refractivity contribution in [2.24, 2.45) is 0 Å². The molecule has 2 heterocycles. The van der Waals surface area contributed by atoms with E-state index >= 15 is 0 Å². The summed E-state index contributed by atoms with van der Waals surface area (Å²) in [7, 11) is 0. The molecule has 0 saturated carbocycles. The zero-order valence-corrected chi connectivity index (χ0v) is 13.9. The van der Waals surface area contributed by atoms with Gasteiger partial charge in [0, 0.05) is 18.0 Å². The fourth-order valence-corrected chi connectivity index (χ4v) is 3.18. The molecule has 2 aromatic rings. The van der Waals surface area contributed by atoms with Crippen LogP contribution in [0.2, 0.25) is 0 Å². The molecule has 1 fully saturated rings. The van der Waals surface area contributed by atoms with Gasteiger partial charge in [-0.05, 0) is 24.5 Å². The highest BCUT2D eigenvalue weighted by atomic mass is 32.1. The molecule has 0 aliphatic carbocycles. The van der Waals surface area contributed by atoms with Crippen molar-refractivity contribution in [1.82, 2.24) is 9.88 Å². The maximum atomic E-state index is 12.3. The summed E-state index contributed by atoms with van der Waals surface area (Å²) in [6.07, 6.45) is 4.59. The van der Waals surface area contributed by atoms with Crippen LogP contribution in [-0.2, 0) is 20.9 Å². The van der Waals surface area contributed by atoms with Gasteiger partial charge in [0.15, 0.2) is 0 Å². The van der Waals surface area contributed by atoms with Gasteiger partial charge >= 0.3 is 5.97 Å². The third-order valence-electron chi connectivity index (χ3n) is 3.88. The summed E-state index contributed by atoms with van der Waals surface area (Å²) < 4.78 is 5.38. The first-order valence-corrected chi connectivity index (χ1v) is 8.76. The van der Waals surface area contributed by atoms with E-state index in [-0.39, 0.29) is 18.5 Å². The van der Waals surface area contributed by atoms with E-state index in [0.717, 1.165) is 17.7 Å². The number of hydrogen-bond donors (Lipinski definition) is 0. The van der Waals surface area contributed by atoms with E-state index in [2.05, 4.69) is 4.98 Å². The van der Waals surface area contributed by atoms with Gasteiger partial charge in [-0.25, -0.2) is 9.78 Å². The highest BCUT2D eigenvalue weighted by Crippen LogP contribution is 2.20. The van der Waals surface area contributed by atoms with Crippen molar-refractivity contribution >= 4 is 29.3 Å². The molecule has 1 aliphatic rings. The van der Waals surface area contributed by atoms with E-state index < -0.39 is 6.04 Å². The molecule has 1 aliphatic heterocycles. The van der Waals surface area contributed by atoms with Gasteiger partial charge in [0.2, 0.25) is 5.91 Å². The Kier molecular flexibility index (Phi) is 5.38. The van der Waals surface area contributed by atoms with Crippen LogP contribution in [0.4, 0.5) is 0 Å². The van der Waals surface area contributed by atoms with Crippen molar-refractivity contribution in [2.45, 2.75) is 25.5 Å². The average Bonchev–Trinajstić information content (AvgIpc) is 3.30. The van der Waals surface area contributed by atoms with Gasteiger partial charge in [0.1, 0.15) is 12.6 Å². The number of hydrogen-bond acceptors (Lipinski definition) is 5. The van der Waals surface area contributed by atoms with Gasteiger partial charge in [0.05, 0.1) is 11.2 Å². The lowest BCUT2D eigenvalue weighted by molar-refractivity contribution is -0.153. The fourth-order valence-electron chi connectivity index (χ4n) is 2.66. The third-order valence-corrected chi connectivity index (χ3v) is 4.48. The number of carbonyl (C=O) groups is 2. The molecule has 0 radical (unpaired) electrons. The number of nitrogens with zero attached hydrogens (tertiary/aromatic N) is 2. The minimum atomic E-state index is -0.499. The Morgan fingerprint density at radius 1 is 1.33 bits per heavy atom. The first kappa shape index (κ1) is 16.4. The second-order valence-electron chi connectivity index (χ2n) is 5.53. The van der Waals surface area contributed by atoms with Crippen LogP contribution in [0.15, 0.2) is 47.3 Å². The zero-order chi connectivity index (χ0) is 16.8. The van der Waals surface area contributed by atoms with Gasteiger partial charge < -0.3 is 9.64 Å². The van der Waals surface area contributed by atoms with Gasteiger partial charge in [-0.2, -0.15) is 0 Å². The normalized spacial score (nSPS) is 17.3. The topological polar surface area (TPSA) is 59.5 Å². The van der Waals surface area contributed by atoms with E-state index in [1.54, 1.807) is 16.5 Å². The number of esters is 1. The SMILES string of the molecule is O=C(OCc1ccccc1)[C@@H]1CCCN1C(=O)/C=C/c1cscn1. The van der Waals surface area contributed by atoms with Crippen molar-refractivity contribution < 1.29 is 14.3 Å². The first-order chi connectivity index (χ1) is 11.7. The lowest BCUT2D eigenvalue weighted by Crippen LogP contribution is -2.40. The molecule has 0 unspecified atom stereocenters. The van der Waals surface area contributed by atoms with Crippen molar-refractivity contribution in [1.29, 1.82) is 0 Å². The van der Waals surface area contributed by atoms with Crippen LogP contribution in [0.3, 0.4) is 0 Å². The number of rotatable bonds is 5. The maximum Gasteiger partial charge on any atom is 0.329 e. The number of thiazole rings is 1. The predicted octanol–water partition coefficient (Wildman–Crippen LogP) is 2.89. The van der Waals surface area contributed by atoms with E-state index in [1.807, 2.05) is 35.7 Å². The molecular weight excluding hydrogens is 324 g/mol. The third kappa shape index (κ3) is 4.08. The molecular formula is C18H18N2O3S. The van der Waals surface area contributed by atoms with Crippen LogP contribution in [0.25, 0.3) is 6.08 Å². The number of likely N-dealkylation sites (tertiary alicyclic amines) is 1. The van der Waals surface area contributed by atoms with Gasteiger partial charge in [-0.1, -0.05) is 30.3 Å². The molecule has 124 valence electrons. The number of benzene rings is 1. The largest absolute Gasteiger partial charge is 0.459 e. The van der Waals surface area contributed by atoms with Gasteiger partial charge in [0.25, 0.3) is 0 Å². The molecule has 5 nitrogen and oxygen atoms in total. The van der Waals surface area contributed by atoms with Crippen LogP contribution in [-0.4, -0.2) is 34.3 Å². The standard InChI is InChI=1S/C18H18N2O3S/c21-17(9-8-15-12-24-13-19-15)20-10-4-7-16(20)18(22)23-11-14-5-2-1-3-6-14/h1-3,5-6,8-9,12-13,16H,4,7,10-11H2/b9-8+/t16-/m0/s1. The Morgan fingerprint density at radius 3 is 2.92 bits per heavy atom. The molecule has 1 saturated heterocycles. The molecule has 3 rings (SSSR count). The maximum absolute atomic E-state index is 12.3. The summed E-state index contributed by atoms with van der Waals surface area (Å²) in [4.78, 5) is 30.3. The molecule has 0 spiro atoms. The highest BCUT2D eigenvalue weighted by Gasteiger charge is 2.34. The van der Waals surface area contributed by atoms with E-state index in [0.29, 0.717) is 13.0 Å². The molecule has 24 heavy (non-hydrogen) atoms. The number of carbonyl (C=O) groups excluding carboxylic acids is 2. The molecule has 6 heteroatoms. The van der Waals surface area contributed by atoms with Gasteiger partial charge in [-0.3, -0.25) is 4.79 Å². The fraction of sp³-hybridized carbons (Fsp3) is 0.278. The lowest BCUT2D eigenvalue weighted by Gasteiger charge is -2.21. The van der Waals surface area contributed by atoms with E-state index in [1.165, 1.54) is 17.4 Å². The molecule has 1 atom stereocenters. The van der Waals surface area contributed by atoms with E-state index in [4.69, 9.17) is 4.74 Å². The Morgan fingerprint density at radius 2 is 2.17 bits per heavy atom. The second-order valence-corrected chi connectivity index (χ2v) is 6.25. The van der Waals surface area contributed by atoms with Crippen LogP contribution in [0.1, 0.15) is 24.1 Å². The molecule has 1 aromatic carbocycles. The molecule has 0 N–H and O–H groups in total. The lowest BCUT2D eigenvalue weighted by atomic mass is 10.2. The van der Waals surface area contributed by atoms with Crippen molar-refractivity contribution in [3.63, 3.8) is 0 Å². The van der Waals surface area contributed by atoms with E-state index in [9.17, 15) is 9.59 Å². The van der Waals surface area contributed by atoms with Crippen molar-refractivity contribution in [3.8, 4) is 0 Å². The van der Waals surface area contributed by atoms with Crippen LogP contribution in [0, 0.1) is 0 Å². The first-order valence-electron chi connectivity index (χ1n) is 7.81. The summed E-state index contributed by atoms with van der Waals surface area (Å²) in [5, 5.41) is 1.86. The van der Waals surface area contributed by atoms with Crippen molar-refractivity contribution in [2.75, 3.05) is 6.54 Å². The Bertz CT molecular complexity index is 713. The Balaban J connectivity index is 1.58. The summed E-state index contributed by atoms with van der Waals surface area (Å²) >= 11 is 1.47. The summed E-state index contributed by atoms with van der Waals surface area (Å²) in [6, 6.07) is 9.02. The molecule has 1 aromatic heterocycles. The van der Waals surface area contributed by atoms with Crippen LogP contribution < -0.4 is 0 Å². The summed E-state index contributed by atoms with van der Waals surface area (Å²) in [5.74, 6) is -0.520. The average molecular weight is 342 g/mol. The predicted molar refractivity (Wildman–Crippen MR) is 92.1 cm³/mol. The minimum Gasteiger partial charge on any atom is -0.459 e. The summed E-state index contributed by atoms with van der Waals surface area (Å²) in [6.45, 7) is 0.804. The number of amides is 1. The zero-order valence-electron chi connectivity index (χ0n) is 13.1. The van der Waals surface area contributed by atoms with Crippen molar-refractivity contribution in [3.05, 3.63) is 58.6 Å². The number of aromatic nitrogens is 1. The quantitative estimate of drug-likeness (QED) is 0.619. The molecule has 1 amide bonds. The monoisotopic (exact) mass is 342 g/mol. The minimum absolute atomic E-state index is 0.179. The highest BCUT2D eigenvalue weighted by molar-refractivity contribution is 7.07. The smallest absolute Gasteiger partial charge is 0.329 e. The van der Waals surface area contributed by atoms with Gasteiger partial charge in [-0.15, -0.1) is 11.3 Å². The van der Waals surface area contributed by atoms with Crippen LogP contribution in [0.5, 0.6) is 0 Å². The molecule has 0 bridgehead atoms. The summed E-state index contributed by atoms with van der Waals surface area (Å²) in [5.41, 5.74) is 3.39. The number of ether oxygens (including phenoxy) is 1. The Hall–Kier alpha value is -2.47. The Labute approximate surface area is 144 Å².